The van der Waals surface area contributed by atoms with Crippen LogP contribution in [0.5, 0.6) is 0 Å². The zero-order chi connectivity index (χ0) is 14.7. The summed E-state index contributed by atoms with van der Waals surface area (Å²) < 4.78 is 0. The minimum Gasteiger partial charge on any atom is -0.326 e. The van der Waals surface area contributed by atoms with E-state index < -0.39 is 0 Å². The van der Waals surface area contributed by atoms with Crippen molar-refractivity contribution >= 4 is 11.5 Å². The van der Waals surface area contributed by atoms with Gasteiger partial charge >= 0.3 is 0 Å². The van der Waals surface area contributed by atoms with Crippen LogP contribution < -0.4 is 10.6 Å². The normalized spacial score (nSPS) is 13.8. The van der Waals surface area contributed by atoms with Gasteiger partial charge in [-0.3, -0.25) is 0 Å². The lowest BCUT2D eigenvalue weighted by molar-refractivity contribution is 0.664. The number of nitrogens with zero attached hydrogens (tertiary/aromatic N) is 2. The number of anilines is 2. The lowest BCUT2D eigenvalue weighted by Gasteiger charge is -2.27. The van der Waals surface area contributed by atoms with Crippen LogP contribution in [-0.2, 0) is 19.4 Å². The van der Waals surface area contributed by atoms with Crippen molar-refractivity contribution in [1.82, 2.24) is 4.98 Å². The van der Waals surface area contributed by atoms with Gasteiger partial charge < -0.3 is 10.6 Å². The minimum atomic E-state index is 0.541. The predicted octanol–water partition coefficient (Wildman–Crippen LogP) is 3.58. The summed E-state index contributed by atoms with van der Waals surface area (Å²) in [5.41, 5.74) is 11.0. The van der Waals surface area contributed by atoms with Gasteiger partial charge in [-0.05, 0) is 56.4 Å². The number of rotatable bonds is 4. The summed E-state index contributed by atoms with van der Waals surface area (Å²) in [7, 11) is 0. The number of hydrogen-bond donors (Lipinski definition) is 1. The first kappa shape index (κ1) is 14.1. The Labute approximate surface area is 126 Å². The molecule has 0 saturated carbocycles. The van der Waals surface area contributed by atoms with Crippen molar-refractivity contribution in [2.45, 2.75) is 39.2 Å². The SMILES string of the molecule is CCN(c1ccccc1)c1nc2c(cc1CN)CCCC2. The number of pyridine rings is 1. The van der Waals surface area contributed by atoms with E-state index in [9.17, 15) is 0 Å². The van der Waals surface area contributed by atoms with Gasteiger partial charge in [0.25, 0.3) is 0 Å². The van der Waals surface area contributed by atoms with Crippen LogP contribution in [0, 0.1) is 0 Å². The third-order valence-electron chi connectivity index (χ3n) is 4.22. The van der Waals surface area contributed by atoms with E-state index in [0.717, 1.165) is 30.8 Å². The van der Waals surface area contributed by atoms with Crippen LogP contribution in [0.1, 0.15) is 36.6 Å². The molecule has 0 amide bonds. The first-order valence-electron chi connectivity index (χ1n) is 7.87. The lowest BCUT2D eigenvalue weighted by Crippen LogP contribution is -2.22. The molecule has 0 fully saturated rings. The molecule has 21 heavy (non-hydrogen) atoms. The second-order valence-electron chi connectivity index (χ2n) is 5.57. The fraction of sp³-hybridized carbons (Fsp3) is 0.389. The molecule has 0 bridgehead atoms. The molecule has 110 valence electrons. The zero-order valence-electron chi connectivity index (χ0n) is 12.7. The van der Waals surface area contributed by atoms with Crippen molar-refractivity contribution in [3.05, 3.63) is 53.2 Å². The fourth-order valence-corrected chi connectivity index (χ4v) is 3.12. The first-order chi connectivity index (χ1) is 10.3. The molecule has 0 unspecified atom stereocenters. The molecule has 1 aliphatic rings. The van der Waals surface area contributed by atoms with Crippen LogP contribution >= 0.6 is 0 Å². The predicted molar refractivity (Wildman–Crippen MR) is 87.9 cm³/mol. The van der Waals surface area contributed by atoms with Gasteiger partial charge in [0.15, 0.2) is 0 Å². The Morgan fingerprint density at radius 3 is 2.62 bits per heavy atom. The van der Waals surface area contributed by atoms with Crippen LogP contribution in [-0.4, -0.2) is 11.5 Å². The number of fused-ring (bicyclic) bond motifs is 1. The summed E-state index contributed by atoms with van der Waals surface area (Å²) in [6.07, 6.45) is 4.76. The van der Waals surface area contributed by atoms with Crippen LogP contribution in [0.4, 0.5) is 11.5 Å². The molecule has 3 rings (SSSR count). The van der Waals surface area contributed by atoms with E-state index in [1.165, 1.54) is 29.8 Å². The Bertz CT molecular complexity index is 607. The third-order valence-corrected chi connectivity index (χ3v) is 4.22. The van der Waals surface area contributed by atoms with Gasteiger partial charge in [-0.1, -0.05) is 18.2 Å². The van der Waals surface area contributed by atoms with Crippen molar-refractivity contribution in [3.63, 3.8) is 0 Å². The average Bonchev–Trinajstić information content (AvgIpc) is 2.56. The smallest absolute Gasteiger partial charge is 0.137 e. The highest BCUT2D eigenvalue weighted by Crippen LogP contribution is 2.30. The lowest BCUT2D eigenvalue weighted by atomic mass is 9.94. The standard InChI is InChI=1S/C18H23N3/c1-2-21(16-9-4-3-5-10-16)18-15(13-19)12-14-8-6-7-11-17(14)20-18/h3-5,9-10,12H,2,6-8,11,13,19H2,1H3. The number of aromatic nitrogens is 1. The molecule has 1 heterocycles. The van der Waals surface area contributed by atoms with Gasteiger partial charge in [0.2, 0.25) is 0 Å². The number of aryl methyl sites for hydroxylation is 2. The molecular formula is C18H23N3. The molecular weight excluding hydrogens is 258 g/mol. The first-order valence-corrected chi connectivity index (χ1v) is 7.87. The Morgan fingerprint density at radius 2 is 1.90 bits per heavy atom. The number of para-hydroxylation sites is 1. The number of benzene rings is 1. The molecule has 1 aliphatic carbocycles. The second kappa shape index (κ2) is 6.27. The van der Waals surface area contributed by atoms with Gasteiger partial charge in [-0.15, -0.1) is 0 Å². The highest BCUT2D eigenvalue weighted by Gasteiger charge is 2.18. The highest BCUT2D eigenvalue weighted by molar-refractivity contribution is 5.63. The van der Waals surface area contributed by atoms with Gasteiger partial charge in [-0.2, -0.15) is 0 Å². The molecule has 2 N–H and O–H groups in total. The molecule has 1 aromatic carbocycles. The van der Waals surface area contributed by atoms with Crippen molar-refractivity contribution < 1.29 is 0 Å². The van der Waals surface area contributed by atoms with Gasteiger partial charge in [0, 0.05) is 30.0 Å². The topological polar surface area (TPSA) is 42.2 Å². The van der Waals surface area contributed by atoms with E-state index in [2.05, 4.69) is 42.2 Å². The van der Waals surface area contributed by atoms with Crippen LogP contribution in [0.3, 0.4) is 0 Å². The number of hydrogen-bond acceptors (Lipinski definition) is 3. The molecule has 0 aliphatic heterocycles. The maximum absolute atomic E-state index is 5.99. The van der Waals surface area contributed by atoms with Crippen molar-refractivity contribution in [2.75, 3.05) is 11.4 Å². The quantitative estimate of drug-likeness (QED) is 0.931. The molecule has 2 aromatic rings. The second-order valence-corrected chi connectivity index (χ2v) is 5.57. The van der Waals surface area contributed by atoms with E-state index in [4.69, 9.17) is 10.7 Å². The van der Waals surface area contributed by atoms with E-state index in [1.54, 1.807) is 0 Å². The van der Waals surface area contributed by atoms with E-state index in [1.807, 2.05) is 6.07 Å². The summed E-state index contributed by atoms with van der Waals surface area (Å²) >= 11 is 0. The van der Waals surface area contributed by atoms with Crippen LogP contribution in [0.25, 0.3) is 0 Å². The van der Waals surface area contributed by atoms with Crippen molar-refractivity contribution in [1.29, 1.82) is 0 Å². The highest BCUT2D eigenvalue weighted by atomic mass is 15.2. The summed E-state index contributed by atoms with van der Waals surface area (Å²) in [4.78, 5) is 7.24. The van der Waals surface area contributed by atoms with Crippen molar-refractivity contribution in [3.8, 4) is 0 Å². The Morgan fingerprint density at radius 1 is 1.14 bits per heavy atom. The van der Waals surface area contributed by atoms with Gasteiger partial charge in [0.1, 0.15) is 5.82 Å². The molecule has 1 aromatic heterocycles. The molecule has 0 atom stereocenters. The largest absolute Gasteiger partial charge is 0.326 e. The van der Waals surface area contributed by atoms with Crippen molar-refractivity contribution in [2.24, 2.45) is 5.73 Å². The average molecular weight is 281 g/mol. The monoisotopic (exact) mass is 281 g/mol. The molecule has 0 radical (unpaired) electrons. The molecule has 3 heteroatoms. The van der Waals surface area contributed by atoms with E-state index in [-0.39, 0.29) is 0 Å². The summed E-state index contributed by atoms with van der Waals surface area (Å²) in [6.45, 7) is 3.59. The third kappa shape index (κ3) is 2.79. The van der Waals surface area contributed by atoms with Crippen LogP contribution in [0.15, 0.2) is 36.4 Å². The summed E-state index contributed by atoms with van der Waals surface area (Å²) in [6, 6.07) is 12.7. The maximum atomic E-state index is 5.99. The summed E-state index contributed by atoms with van der Waals surface area (Å²) in [5.74, 6) is 1.03. The van der Waals surface area contributed by atoms with E-state index in [0.29, 0.717) is 6.54 Å². The zero-order valence-corrected chi connectivity index (χ0v) is 12.7. The Balaban J connectivity index is 2.07. The molecule has 0 saturated heterocycles. The van der Waals surface area contributed by atoms with E-state index >= 15 is 0 Å². The van der Waals surface area contributed by atoms with Crippen LogP contribution in [0.2, 0.25) is 0 Å². The maximum Gasteiger partial charge on any atom is 0.137 e. The van der Waals surface area contributed by atoms with Gasteiger partial charge in [-0.25, -0.2) is 4.98 Å². The minimum absolute atomic E-state index is 0.541. The van der Waals surface area contributed by atoms with Gasteiger partial charge in [0.05, 0.1) is 0 Å². The molecule has 3 nitrogen and oxygen atoms in total. The Hall–Kier alpha value is -1.87. The Kier molecular flexibility index (Phi) is 4.20. The molecule has 0 spiro atoms. The fourth-order valence-electron chi connectivity index (χ4n) is 3.12. The summed E-state index contributed by atoms with van der Waals surface area (Å²) in [5, 5.41) is 0. The number of nitrogens with two attached hydrogens (primary N) is 1.